The van der Waals surface area contributed by atoms with Crippen molar-refractivity contribution >= 4 is 43.8 Å². The Labute approximate surface area is 192 Å². The van der Waals surface area contributed by atoms with Crippen LogP contribution in [0.25, 0.3) is 22.1 Å². The molecule has 0 atom stereocenters. The maximum Gasteiger partial charge on any atom is 0.243 e. The highest BCUT2D eigenvalue weighted by molar-refractivity contribution is 7.89. The van der Waals surface area contributed by atoms with Crippen molar-refractivity contribution in [2.45, 2.75) is 24.8 Å². The molecule has 32 heavy (non-hydrogen) atoms. The number of fused-ring (bicyclic) bond motifs is 1. The van der Waals surface area contributed by atoms with E-state index in [0.717, 1.165) is 17.5 Å². The van der Waals surface area contributed by atoms with Crippen LogP contribution in [0.3, 0.4) is 0 Å². The molecular weight excluding hydrogens is 448 g/mol. The van der Waals surface area contributed by atoms with Crippen molar-refractivity contribution in [3.05, 3.63) is 59.4 Å². The summed E-state index contributed by atoms with van der Waals surface area (Å²) in [6.07, 6.45) is 2.63. The molecule has 1 aliphatic heterocycles. The van der Waals surface area contributed by atoms with E-state index in [9.17, 15) is 8.42 Å². The summed E-state index contributed by atoms with van der Waals surface area (Å²) in [6, 6.07) is 14.3. The summed E-state index contributed by atoms with van der Waals surface area (Å²) >= 11 is 6.65. The first-order valence-corrected chi connectivity index (χ1v) is 12.2. The number of morpholine rings is 1. The zero-order valence-corrected chi connectivity index (χ0v) is 19.2. The van der Waals surface area contributed by atoms with E-state index in [0.29, 0.717) is 54.8 Å². The summed E-state index contributed by atoms with van der Waals surface area (Å²) in [5, 5.41) is 9.55. The SMILES string of the molecule is CCCn1c(C(Cl)=Cc2cccc(C#N)c2)nc2cc(S(=O)(=O)N3CCOCC3)ccc21. The molecule has 0 unspecified atom stereocenters. The van der Waals surface area contributed by atoms with Gasteiger partial charge in [0, 0.05) is 19.6 Å². The van der Waals surface area contributed by atoms with Crippen LogP contribution in [0, 0.1) is 11.3 Å². The molecule has 0 spiro atoms. The molecule has 0 radical (unpaired) electrons. The second kappa shape index (κ2) is 9.43. The highest BCUT2D eigenvalue weighted by Gasteiger charge is 2.27. The monoisotopic (exact) mass is 470 g/mol. The number of imidazole rings is 1. The minimum atomic E-state index is -3.62. The standard InChI is InChI=1S/C23H23ClN4O3S/c1-2-8-28-22-7-6-19(32(29,30)27-9-11-31-12-10-27)15-21(22)26-23(28)20(24)14-17-4-3-5-18(13-17)16-25/h3-7,13-15H,2,8-12H2,1H3. The van der Waals surface area contributed by atoms with E-state index in [1.807, 2.05) is 10.6 Å². The van der Waals surface area contributed by atoms with Gasteiger partial charge in [-0.05, 0) is 48.4 Å². The van der Waals surface area contributed by atoms with Crippen molar-refractivity contribution in [1.29, 1.82) is 5.26 Å². The Hall–Kier alpha value is -2.70. The molecule has 7 nitrogen and oxygen atoms in total. The van der Waals surface area contributed by atoms with Crippen LogP contribution in [-0.4, -0.2) is 48.6 Å². The van der Waals surface area contributed by atoms with E-state index in [1.165, 1.54) is 4.31 Å². The third-order valence-corrected chi connectivity index (χ3v) is 7.47. The first-order chi connectivity index (χ1) is 15.4. The van der Waals surface area contributed by atoms with Gasteiger partial charge < -0.3 is 9.30 Å². The fourth-order valence-corrected chi connectivity index (χ4v) is 5.45. The summed E-state index contributed by atoms with van der Waals surface area (Å²) in [5.74, 6) is 0.562. The van der Waals surface area contributed by atoms with E-state index in [-0.39, 0.29) is 4.90 Å². The summed E-state index contributed by atoms with van der Waals surface area (Å²) in [6.45, 7) is 4.21. The highest BCUT2D eigenvalue weighted by atomic mass is 35.5. The number of rotatable bonds is 6. The fourth-order valence-electron chi connectivity index (χ4n) is 3.75. The van der Waals surface area contributed by atoms with Crippen LogP contribution < -0.4 is 0 Å². The van der Waals surface area contributed by atoms with Gasteiger partial charge in [0.1, 0.15) is 0 Å². The smallest absolute Gasteiger partial charge is 0.243 e. The number of ether oxygens (including phenoxy) is 1. The molecule has 2 aromatic carbocycles. The van der Waals surface area contributed by atoms with Gasteiger partial charge in [-0.3, -0.25) is 0 Å². The predicted octanol–water partition coefficient (Wildman–Crippen LogP) is 4.08. The normalized spacial score (nSPS) is 15.7. The minimum Gasteiger partial charge on any atom is -0.379 e. The topological polar surface area (TPSA) is 88.2 Å². The van der Waals surface area contributed by atoms with Gasteiger partial charge in [0.05, 0.1) is 45.8 Å². The van der Waals surface area contributed by atoms with E-state index in [2.05, 4.69) is 18.0 Å². The third-order valence-electron chi connectivity index (χ3n) is 5.30. The number of benzene rings is 2. The van der Waals surface area contributed by atoms with Gasteiger partial charge in [0.25, 0.3) is 0 Å². The summed E-state index contributed by atoms with van der Waals surface area (Å²) in [7, 11) is -3.62. The molecule has 0 aliphatic carbocycles. The Morgan fingerprint density at radius 1 is 1.25 bits per heavy atom. The zero-order valence-electron chi connectivity index (χ0n) is 17.7. The van der Waals surface area contributed by atoms with Crippen LogP contribution in [0.5, 0.6) is 0 Å². The molecule has 1 aliphatic rings. The molecule has 2 heterocycles. The molecule has 166 valence electrons. The second-order valence-corrected chi connectivity index (χ2v) is 9.83. The molecule has 1 saturated heterocycles. The number of aromatic nitrogens is 2. The molecule has 0 bridgehead atoms. The molecular formula is C23H23ClN4O3S. The van der Waals surface area contributed by atoms with Gasteiger partial charge >= 0.3 is 0 Å². The molecule has 3 aromatic rings. The highest BCUT2D eigenvalue weighted by Crippen LogP contribution is 2.29. The number of nitrogens with zero attached hydrogens (tertiary/aromatic N) is 4. The van der Waals surface area contributed by atoms with Crippen molar-refractivity contribution in [2.75, 3.05) is 26.3 Å². The van der Waals surface area contributed by atoms with Crippen LogP contribution in [-0.2, 0) is 21.3 Å². The fraction of sp³-hybridized carbons (Fsp3) is 0.304. The lowest BCUT2D eigenvalue weighted by Crippen LogP contribution is -2.40. The first-order valence-electron chi connectivity index (χ1n) is 10.4. The molecule has 0 N–H and O–H groups in total. The molecule has 0 amide bonds. The Morgan fingerprint density at radius 3 is 2.75 bits per heavy atom. The summed E-state index contributed by atoms with van der Waals surface area (Å²) in [4.78, 5) is 4.89. The number of hydrogen-bond donors (Lipinski definition) is 0. The van der Waals surface area contributed by atoms with Gasteiger partial charge in [0.2, 0.25) is 10.0 Å². The summed E-state index contributed by atoms with van der Waals surface area (Å²) in [5.41, 5.74) is 2.73. The largest absolute Gasteiger partial charge is 0.379 e. The predicted molar refractivity (Wildman–Crippen MR) is 124 cm³/mol. The number of aryl methyl sites for hydroxylation is 1. The van der Waals surface area contributed by atoms with Gasteiger partial charge in [-0.25, -0.2) is 13.4 Å². The lowest BCUT2D eigenvalue weighted by molar-refractivity contribution is 0.0730. The quantitative estimate of drug-likeness (QED) is 0.541. The van der Waals surface area contributed by atoms with Crippen LogP contribution >= 0.6 is 11.6 Å². The van der Waals surface area contributed by atoms with Gasteiger partial charge in [-0.15, -0.1) is 0 Å². The van der Waals surface area contributed by atoms with Gasteiger partial charge in [0.15, 0.2) is 5.82 Å². The Balaban J connectivity index is 1.77. The lowest BCUT2D eigenvalue weighted by atomic mass is 10.1. The zero-order chi connectivity index (χ0) is 22.7. The van der Waals surface area contributed by atoms with Crippen LogP contribution in [0.4, 0.5) is 0 Å². The first kappa shape index (κ1) is 22.5. The third kappa shape index (κ3) is 4.43. The van der Waals surface area contributed by atoms with Crippen LogP contribution in [0.15, 0.2) is 47.4 Å². The molecule has 4 rings (SSSR count). The number of halogens is 1. The van der Waals surface area contributed by atoms with Crippen LogP contribution in [0.1, 0.15) is 30.3 Å². The Bertz CT molecular complexity index is 1320. The number of hydrogen-bond acceptors (Lipinski definition) is 5. The van der Waals surface area contributed by atoms with Crippen molar-refractivity contribution in [3.8, 4) is 6.07 Å². The van der Waals surface area contributed by atoms with E-state index >= 15 is 0 Å². The maximum absolute atomic E-state index is 13.1. The van der Waals surface area contributed by atoms with Crippen molar-refractivity contribution < 1.29 is 13.2 Å². The van der Waals surface area contributed by atoms with Crippen molar-refractivity contribution in [2.24, 2.45) is 0 Å². The minimum absolute atomic E-state index is 0.210. The van der Waals surface area contributed by atoms with Crippen molar-refractivity contribution in [3.63, 3.8) is 0 Å². The lowest BCUT2D eigenvalue weighted by Gasteiger charge is -2.26. The van der Waals surface area contributed by atoms with Gasteiger partial charge in [-0.1, -0.05) is 30.7 Å². The van der Waals surface area contributed by atoms with E-state index < -0.39 is 10.0 Å². The number of sulfonamides is 1. The molecule has 9 heteroatoms. The maximum atomic E-state index is 13.1. The molecule has 1 fully saturated rings. The molecule has 0 saturated carbocycles. The summed E-state index contributed by atoms with van der Waals surface area (Å²) < 4.78 is 34.8. The average molecular weight is 471 g/mol. The number of nitriles is 1. The van der Waals surface area contributed by atoms with Crippen molar-refractivity contribution in [1.82, 2.24) is 13.9 Å². The average Bonchev–Trinajstić information content (AvgIpc) is 3.18. The van der Waals surface area contributed by atoms with E-state index in [4.69, 9.17) is 21.6 Å². The second-order valence-electron chi connectivity index (χ2n) is 7.48. The van der Waals surface area contributed by atoms with Crippen LogP contribution in [0.2, 0.25) is 0 Å². The van der Waals surface area contributed by atoms with Gasteiger partial charge in [-0.2, -0.15) is 9.57 Å². The van der Waals surface area contributed by atoms with E-state index in [1.54, 1.807) is 42.5 Å². The Kier molecular flexibility index (Phi) is 6.63. The Morgan fingerprint density at radius 2 is 2.03 bits per heavy atom. The molecule has 1 aromatic heterocycles.